The first-order valence-electron chi connectivity index (χ1n) is 7.72. The molecule has 1 heterocycles. The van der Waals surface area contributed by atoms with Crippen LogP contribution in [0.4, 0.5) is 5.69 Å². The Labute approximate surface area is 140 Å². The van der Waals surface area contributed by atoms with Gasteiger partial charge in [-0.1, -0.05) is 6.07 Å². The number of hydrogen-bond acceptors (Lipinski definition) is 4. The second kappa shape index (κ2) is 5.67. The van der Waals surface area contributed by atoms with Crippen molar-refractivity contribution in [2.45, 2.75) is 32.8 Å². The quantitative estimate of drug-likeness (QED) is 0.826. The number of amides is 1. The molecule has 1 aliphatic rings. The van der Waals surface area contributed by atoms with Gasteiger partial charge in [0.15, 0.2) is 5.78 Å². The zero-order chi connectivity index (χ0) is 17.5. The molecular weight excluding hydrogens is 306 g/mol. The van der Waals surface area contributed by atoms with Crippen molar-refractivity contribution in [2.75, 3.05) is 5.32 Å². The third-order valence-electron chi connectivity index (χ3n) is 3.91. The third-order valence-corrected chi connectivity index (χ3v) is 3.91. The first-order chi connectivity index (χ1) is 11.2. The number of ether oxygens (including phenoxy) is 1. The highest BCUT2D eigenvalue weighted by Gasteiger charge is 2.32. The standard InChI is InChI=1S/C19H19NO4/c1-11-4-6-15(21)14(8-11)20-18(23)12-5-7-17-13(9-12)16(22)10-19(2,3)24-17/h4-9,21H,10H2,1-3H3,(H,20,23). The Morgan fingerprint density at radius 3 is 2.71 bits per heavy atom. The van der Waals surface area contributed by atoms with Crippen molar-refractivity contribution in [2.24, 2.45) is 0 Å². The van der Waals surface area contributed by atoms with E-state index in [0.29, 0.717) is 22.6 Å². The number of nitrogens with one attached hydrogen (secondary N) is 1. The van der Waals surface area contributed by atoms with Crippen molar-refractivity contribution in [3.05, 3.63) is 53.1 Å². The number of fused-ring (bicyclic) bond motifs is 1. The molecule has 0 aliphatic carbocycles. The van der Waals surface area contributed by atoms with Crippen molar-refractivity contribution in [3.8, 4) is 11.5 Å². The van der Waals surface area contributed by atoms with Gasteiger partial charge in [-0.3, -0.25) is 9.59 Å². The Morgan fingerprint density at radius 1 is 1.21 bits per heavy atom. The first kappa shape index (κ1) is 16.1. The van der Waals surface area contributed by atoms with Gasteiger partial charge in [-0.05, 0) is 56.7 Å². The Morgan fingerprint density at radius 2 is 1.96 bits per heavy atom. The first-order valence-corrected chi connectivity index (χ1v) is 7.72. The highest BCUT2D eigenvalue weighted by atomic mass is 16.5. The van der Waals surface area contributed by atoms with Crippen LogP contribution in [0.2, 0.25) is 0 Å². The Balaban J connectivity index is 1.88. The number of rotatable bonds is 2. The molecule has 5 nitrogen and oxygen atoms in total. The summed E-state index contributed by atoms with van der Waals surface area (Å²) in [5, 5.41) is 12.5. The maximum absolute atomic E-state index is 12.4. The minimum Gasteiger partial charge on any atom is -0.506 e. The lowest BCUT2D eigenvalue weighted by molar-refractivity contribution is 0.0620. The van der Waals surface area contributed by atoms with Crippen molar-refractivity contribution < 1.29 is 19.4 Å². The van der Waals surface area contributed by atoms with E-state index in [2.05, 4.69) is 5.32 Å². The second-order valence-electron chi connectivity index (χ2n) is 6.65. The van der Waals surface area contributed by atoms with Gasteiger partial charge in [-0.25, -0.2) is 0 Å². The molecule has 0 aromatic heterocycles. The number of anilines is 1. The molecule has 5 heteroatoms. The molecule has 0 saturated carbocycles. The lowest BCUT2D eigenvalue weighted by Gasteiger charge is -2.31. The smallest absolute Gasteiger partial charge is 0.255 e. The minimum absolute atomic E-state index is 0.00642. The van der Waals surface area contributed by atoms with Crippen LogP contribution in [0.3, 0.4) is 0 Å². The van der Waals surface area contributed by atoms with Crippen LogP contribution in [-0.4, -0.2) is 22.4 Å². The SMILES string of the molecule is Cc1ccc(O)c(NC(=O)c2ccc3c(c2)C(=O)CC(C)(C)O3)c1. The summed E-state index contributed by atoms with van der Waals surface area (Å²) >= 11 is 0. The van der Waals surface area contributed by atoms with Crippen LogP contribution in [0.15, 0.2) is 36.4 Å². The van der Waals surface area contributed by atoms with Crippen molar-refractivity contribution >= 4 is 17.4 Å². The molecular formula is C19H19NO4. The van der Waals surface area contributed by atoms with E-state index in [4.69, 9.17) is 4.74 Å². The zero-order valence-corrected chi connectivity index (χ0v) is 13.8. The van der Waals surface area contributed by atoms with Gasteiger partial charge in [0.2, 0.25) is 0 Å². The predicted molar refractivity (Wildman–Crippen MR) is 90.9 cm³/mol. The van der Waals surface area contributed by atoms with Gasteiger partial charge in [0.25, 0.3) is 5.91 Å². The third kappa shape index (κ3) is 3.11. The maximum atomic E-state index is 12.4. The van der Waals surface area contributed by atoms with Crippen molar-refractivity contribution in [1.82, 2.24) is 0 Å². The van der Waals surface area contributed by atoms with Crippen LogP contribution in [0, 0.1) is 6.92 Å². The van der Waals surface area contributed by atoms with Gasteiger partial charge in [0.05, 0.1) is 17.7 Å². The van der Waals surface area contributed by atoms with Gasteiger partial charge in [0.1, 0.15) is 17.1 Å². The molecule has 0 fully saturated rings. The Bertz CT molecular complexity index is 839. The summed E-state index contributed by atoms with van der Waals surface area (Å²) < 4.78 is 5.79. The average molecular weight is 325 g/mol. The van der Waals surface area contributed by atoms with Crippen LogP contribution >= 0.6 is 0 Å². The van der Waals surface area contributed by atoms with Gasteiger partial charge >= 0.3 is 0 Å². The number of carbonyl (C=O) groups excluding carboxylic acids is 2. The van der Waals surface area contributed by atoms with Gasteiger partial charge in [-0.2, -0.15) is 0 Å². The molecule has 2 aromatic rings. The largest absolute Gasteiger partial charge is 0.506 e. The number of ketones is 1. The highest BCUT2D eigenvalue weighted by molar-refractivity contribution is 6.08. The van der Waals surface area contributed by atoms with Crippen molar-refractivity contribution in [1.29, 1.82) is 0 Å². The minimum atomic E-state index is -0.540. The summed E-state index contributed by atoms with van der Waals surface area (Å²) in [6, 6.07) is 9.74. The molecule has 0 bridgehead atoms. The predicted octanol–water partition coefficient (Wildman–Crippen LogP) is 3.70. The molecule has 0 unspecified atom stereocenters. The van der Waals surface area contributed by atoms with E-state index in [0.717, 1.165) is 5.56 Å². The average Bonchev–Trinajstić information content (AvgIpc) is 2.49. The van der Waals surface area contributed by atoms with Crippen molar-refractivity contribution in [3.63, 3.8) is 0 Å². The van der Waals surface area contributed by atoms with Crippen LogP contribution in [0.25, 0.3) is 0 Å². The van der Waals surface area contributed by atoms with Crippen LogP contribution in [-0.2, 0) is 0 Å². The summed E-state index contributed by atoms with van der Waals surface area (Å²) in [5.74, 6) is 0.0462. The van der Waals surface area contributed by atoms with Gasteiger partial charge in [0, 0.05) is 5.56 Å². The summed E-state index contributed by atoms with van der Waals surface area (Å²) in [6.45, 7) is 5.58. The summed E-state index contributed by atoms with van der Waals surface area (Å²) in [5.41, 5.74) is 1.46. The maximum Gasteiger partial charge on any atom is 0.255 e. The molecule has 2 N–H and O–H groups in total. The van der Waals surface area contributed by atoms with E-state index in [1.807, 2.05) is 20.8 Å². The topological polar surface area (TPSA) is 75.6 Å². The zero-order valence-electron chi connectivity index (χ0n) is 13.8. The van der Waals surface area contributed by atoms with Gasteiger partial charge < -0.3 is 15.2 Å². The molecule has 2 aromatic carbocycles. The second-order valence-corrected chi connectivity index (χ2v) is 6.65. The fourth-order valence-electron chi connectivity index (χ4n) is 2.74. The van der Waals surface area contributed by atoms with Crippen LogP contribution in [0.5, 0.6) is 11.5 Å². The number of hydrogen-bond donors (Lipinski definition) is 2. The number of phenols is 1. The number of aryl methyl sites for hydroxylation is 1. The molecule has 0 saturated heterocycles. The Hall–Kier alpha value is -2.82. The number of benzene rings is 2. The van der Waals surface area contributed by atoms with E-state index in [1.54, 1.807) is 24.3 Å². The summed E-state index contributed by atoms with van der Waals surface area (Å²) in [4.78, 5) is 24.7. The van der Waals surface area contributed by atoms with E-state index in [9.17, 15) is 14.7 Å². The fraction of sp³-hybridized carbons (Fsp3) is 0.263. The monoisotopic (exact) mass is 325 g/mol. The number of phenolic OH excluding ortho intramolecular Hbond substituents is 1. The fourth-order valence-corrected chi connectivity index (χ4v) is 2.74. The highest BCUT2D eigenvalue weighted by Crippen LogP contribution is 2.34. The summed E-state index contributed by atoms with van der Waals surface area (Å²) in [7, 11) is 0. The lowest BCUT2D eigenvalue weighted by atomic mass is 9.92. The molecule has 1 amide bonds. The number of carbonyl (C=O) groups is 2. The van der Waals surface area contributed by atoms with Crippen LogP contribution < -0.4 is 10.1 Å². The molecule has 0 spiro atoms. The van der Waals surface area contributed by atoms with E-state index >= 15 is 0 Å². The molecule has 24 heavy (non-hydrogen) atoms. The number of Topliss-reactive ketones (excluding diaryl/α,β-unsaturated/α-hetero) is 1. The normalized spacial score (nSPS) is 15.4. The molecule has 1 aliphatic heterocycles. The van der Waals surface area contributed by atoms with E-state index in [-0.39, 0.29) is 18.0 Å². The molecule has 124 valence electrons. The molecule has 0 atom stereocenters. The Kier molecular flexibility index (Phi) is 3.79. The number of aromatic hydroxyl groups is 1. The lowest BCUT2D eigenvalue weighted by Crippen LogP contribution is -2.36. The molecule has 3 rings (SSSR count). The van der Waals surface area contributed by atoms with E-state index in [1.165, 1.54) is 12.1 Å². The molecule has 0 radical (unpaired) electrons. The summed E-state index contributed by atoms with van der Waals surface area (Å²) in [6.07, 6.45) is 0.268. The van der Waals surface area contributed by atoms with Gasteiger partial charge in [-0.15, -0.1) is 0 Å². The van der Waals surface area contributed by atoms with E-state index < -0.39 is 11.5 Å². The van der Waals surface area contributed by atoms with Crippen LogP contribution in [0.1, 0.15) is 46.5 Å².